The number of hydrogen-bond donors (Lipinski definition) is 3. The molecule has 0 aliphatic rings. The number of fused-ring (bicyclic) bond motifs is 1. The van der Waals surface area contributed by atoms with Crippen molar-refractivity contribution in [3.63, 3.8) is 0 Å². The first-order valence-electron chi connectivity index (χ1n) is 8.15. The van der Waals surface area contributed by atoms with Crippen molar-refractivity contribution in [2.45, 2.75) is 6.92 Å². The quantitative estimate of drug-likeness (QED) is 0.582. The normalized spacial score (nSPS) is 10.4. The molecule has 3 rings (SSSR count). The summed E-state index contributed by atoms with van der Waals surface area (Å²) in [7, 11) is 0. The maximum Gasteiger partial charge on any atom is 0.348 e. The topological polar surface area (TPSA) is 111 Å². The van der Waals surface area contributed by atoms with E-state index in [2.05, 4.69) is 10.6 Å². The number of rotatable bonds is 5. The Hall–Kier alpha value is -3.39. The van der Waals surface area contributed by atoms with E-state index in [-0.39, 0.29) is 11.9 Å². The number of ether oxygens (including phenoxy) is 1. The highest BCUT2D eigenvalue weighted by atomic mass is 32.1. The van der Waals surface area contributed by atoms with Gasteiger partial charge in [-0.3, -0.25) is 4.79 Å². The van der Waals surface area contributed by atoms with Gasteiger partial charge in [0.2, 0.25) is 0 Å². The van der Waals surface area contributed by atoms with Crippen molar-refractivity contribution in [3.8, 4) is 0 Å². The highest BCUT2D eigenvalue weighted by Gasteiger charge is 2.12. The molecule has 2 aromatic carbocycles. The standard InChI is InChI=1S/C19H17N3O4S/c1-2-26-18(24)16-10-12-9-14(7-8-15(12)27-16)21-17(23)11-3-5-13(6-4-11)22-19(20)25/h3-10H,2H2,1H3,(H,21,23)(H3,20,22,25). The van der Waals surface area contributed by atoms with Gasteiger partial charge in [0.1, 0.15) is 4.88 Å². The fourth-order valence-electron chi connectivity index (χ4n) is 2.47. The zero-order valence-electron chi connectivity index (χ0n) is 14.4. The van der Waals surface area contributed by atoms with Crippen LogP contribution in [0.25, 0.3) is 10.1 Å². The van der Waals surface area contributed by atoms with Crippen LogP contribution < -0.4 is 16.4 Å². The number of carbonyl (C=O) groups is 3. The minimum Gasteiger partial charge on any atom is -0.462 e. The van der Waals surface area contributed by atoms with Crippen molar-refractivity contribution in [3.05, 3.63) is 59.0 Å². The molecule has 3 aromatic rings. The monoisotopic (exact) mass is 383 g/mol. The van der Waals surface area contributed by atoms with E-state index in [4.69, 9.17) is 10.5 Å². The second-order valence-electron chi connectivity index (χ2n) is 5.60. The molecule has 1 heterocycles. The molecule has 0 aliphatic carbocycles. The van der Waals surface area contributed by atoms with E-state index in [9.17, 15) is 14.4 Å². The van der Waals surface area contributed by atoms with Gasteiger partial charge in [-0.2, -0.15) is 0 Å². The molecule has 7 nitrogen and oxygen atoms in total. The van der Waals surface area contributed by atoms with Crippen LogP contribution in [0.1, 0.15) is 27.0 Å². The summed E-state index contributed by atoms with van der Waals surface area (Å²) in [6.45, 7) is 2.08. The Morgan fingerprint density at radius 1 is 1.00 bits per heavy atom. The van der Waals surface area contributed by atoms with Gasteiger partial charge < -0.3 is 21.1 Å². The van der Waals surface area contributed by atoms with E-state index >= 15 is 0 Å². The summed E-state index contributed by atoms with van der Waals surface area (Å²) in [5.74, 6) is -0.644. The second kappa shape index (κ2) is 7.88. The molecule has 3 amide bonds. The third-order valence-electron chi connectivity index (χ3n) is 3.67. The van der Waals surface area contributed by atoms with Crippen molar-refractivity contribution in [2.24, 2.45) is 5.73 Å². The van der Waals surface area contributed by atoms with E-state index in [0.717, 1.165) is 10.1 Å². The number of carbonyl (C=O) groups excluding carboxylic acids is 3. The lowest BCUT2D eigenvalue weighted by Gasteiger charge is -2.07. The number of amides is 3. The van der Waals surface area contributed by atoms with Gasteiger partial charge >= 0.3 is 12.0 Å². The van der Waals surface area contributed by atoms with E-state index < -0.39 is 6.03 Å². The van der Waals surface area contributed by atoms with Gasteiger partial charge in [0.15, 0.2) is 0 Å². The molecule has 0 bridgehead atoms. The molecule has 1 aromatic heterocycles. The minimum atomic E-state index is -0.668. The van der Waals surface area contributed by atoms with Crippen molar-refractivity contribution in [1.29, 1.82) is 0 Å². The molecular weight excluding hydrogens is 366 g/mol. The van der Waals surface area contributed by atoms with Crippen LogP contribution in [0.2, 0.25) is 0 Å². The molecule has 0 saturated carbocycles. The smallest absolute Gasteiger partial charge is 0.348 e. The molecule has 0 radical (unpaired) electrons. The molecule has 27 heavy (non-hydrogen) atoms. The molecule has 0 spiro atoms. The fraction of sp³-hybridized carbons (Fsp3) is 0.105. The summed E-state index contributed by atoms with van der Waals surface area (Å²) in [5, 5.41) is 6.09. The van der Waals surface area contributed by atoms with Crippen LogP contribution in [0.5, 0.6) is 0 Å². The first-order valence-corrected chi connectivity index (χ1v) is 8.96. The van der Waals surface area contributed by atoms with Gasteiger partial charge in [-0.05, 0) is 60.8 Å². The van der Waals surface area contributed by atoms with E-state index in [1.165, 1.54) is 11.3 Å². The molecular formula is C19H17N3O4S. The van der Waals surface area contributed by atoms with Gasteiger partial charge in [-0.25, -0.2) is 9.59 Å². The van der Waals surface area contributed by atoms with Gasteiger partial charge in [0.05, 0.1) is 6.61 Å². The first-order chi connectivity index (χ1) is 13.0. The number of primary amides is 1. The zero-order chi connectivity index (χ0) is 19.4. The zero-order valence-corrected chi connectivity index (χ0v) is 15.3. The molecule has 0 saturated heterocycles. The Kier molecular flexibility index (Phi) is 5.37. The van der Waals surface area contributed by atoms with E-state index in [0.29, 0.717) is 28.4 Å². The van der Waals surface area contributed by atoms with Crippen LogP contribution in [0, 0.1) is 0 Å². The van der Waals surface area contributed by atoms with Gasteiger partial charge in [-0.1, -0.05) is 0 Å². The second-order valence-corrected chi connectivity index (χ2v) is 6.69. The maximum absolute atomic E-state index is 12.4. The Balaban J connectivity index is 1.74. The first kappa shape index (κ1) is 18.4. The average molecular weight is 383 g/mol. The summed E-state index contributed by atoms with van der Waals surface area (Å²) in [6, 6.07) is 12.9. The lowest BCUT2D eigenvalue weighted by atomic mass is 10.1. The lowest BCUT2D eigenvalue weighted by Crippen LogP contribution is -2.19. The number of thiophene rings is 1. The Bertz CT molecular complexity index is 1010. The summed E-state index contributed by atoms with van der Waals surface area (Å²) < 4.78 is 5.94. The summed E-state index contributed by atoms with van der Waals surface area (Å²) in [6.07, 6.45) is 0. The van der Waals surface area contributed by atoms with Crippen molar-refractivity contribution < 1.29 is 19.1 Å². The predicted molar refractivity (Wildman–Crippen MR) is 105 cm³/mol. The van der Waals surface area contributed by atoms with Crippen molar-refractivity contribution in [2.75, 3.05) is 17.2 Å². The number of nitrogens with two attached hydrogens (primary N) is 1. The Morgan fingerprint density at radius 2 is 1.70 bits per heavy atom. The molecule has 4 N–H and O–H groups in total. The number of anilines is 2. The molecule has 0 fully saturated rings. The molecule has 8 heteroatoms. The maximum atomic E-state index is 12.4. The third kappa shape index (κ3) is 4.42. The number of urea groups is 1. The van der Waals surface area contributed by atoms with Crippen LogP contribution in [0.15, 0.2) is 48.5 Å². The Labute approximate surface area is 159 Å². The number of esters is 1. The summed E-state index contributed by atoms with van der Waals surface area (Å²) in [5.41, 5.74) is 6.60. The van der Waals surface area contributed by atoms with Crippen molar-refractivity contribution in [1.82, 2.24) is 0 Å². The highest BCUT2D eigenvalue weighted by Crippen LogP contribution is 2.29. The fourth-order valence-corrected chi connectivity index (χ4v) is 3.41. The van der Waals surface area contributed by atoms with Crippen LogP contribution in [-0.2, 0) is 4.74 Å². The van der Waals surface area contributed by atoms with Crippen LogP contribution in [0.3, 0.4) is 0 Å². The van der Waals surface area contributed by atoms with Crippen molar-refractivity contribution >= 4 is 50.7 Å². The molecule has 0 atom stereocenters. The highest BCUT2D eigenvalue weighted by molar-refractivity contribution is 7.20. The third-order valence-corrected chi connectivity index (χ3v) is 4.76. The van der Waals surface area contributed by atoms with E-state index in [1.807, 2.05) is 6.07 Å². The molecule has 0 unspecified atom stereocenters. The lowest BCUT2D eigenvalue weighted by molar-refractivity contribution is 0.0532. The molecule has 0 aliphatic heterocycles. The van der Waals surface area contributed by atoms with Gasteiger partial charge in [0.25, 0.3) is 5.91 Å². The SMILES string of the molecule is CCOC(=O)c1cc2cc(NC(=O)c3ccc(NC(N)=O)cc3)ccc2s1. The van der Waals surface area contributed by atoms with Crippen LogP contribution in [-0.4, -0.2) is 24.5 Å². The van der Waals surface area contributed by atoms with Crippen LogP contribution >= 0.6 is 11.3 Å². The molecule has 138 valence electrons. The summed E-state index contributed by atoms with van der Waals surface area (Å²) in [4.78, 5) is 35.6. The van der Waals surface area contributed by atoms with E-state index in [1.54, 1.807) is 49.4 Å². The van der Waals surface area contributed by atoms with Crippen LogP contribution in [0.4, 0.5) is 16.2 Å². The van der Waals surface area contributed by atoms with Gasteiger partial charge in [0, 0.05) is 21.6 Å². The van der Waals surface area contributed by atoms with Gasteiger partial charge in [-0.15, -0.1) is 11.3 Å². The summed E-state index contributed by atoms with van der Waals surface area (Å²) >= 11 is 1.34. The predicted octanol–water partition coefficient (Wildman–Crippen LogP) is 3.82. The number of benzene rings is 2. The number of nitrogens with one attached hydrogen (secondary N) is 2. The largest absolute Gasteiger partial charge is 0.462 e. The minimum absolute atomic E-state index is 0.291. The Morgan fingerprint density at radius 3 is 2.37 bits per heavy atom. The number of hydrogen-bond acceptors (Lipinski definition) is 5. The average Bonchev–Trinajstić information content (AvgIpc) is 3.05.